The van der Waals surface area contributed by atoms with E-state index in [1.165, 1.54) is 23.8 Å². The highest BCUT2D eigenvalue weighted by Crippen LogP contribution is 2.47. The van der Waals surface area contributed by atoms with Crippen LogP contribution in [-0.2, 0) is 10.8 Å². The molecule has 2 aromatic carbocycles. The van der Waals surface area contributed by atoms with E-state index in [1.54, 1.807) is 12.1 Å². The van der Waals surface area contributed by atoms with E-state index in [0.717, 1.165) is 24.0 Å². The number of H-pyrrole nitrogens is 1. The fraction of sp³-hybridized carbons (Fsp3) is 0.400. The first kappa shape index (κ1) is 22.2. The third-order valence-electron chi connectivity index (χ3n) is 6.64. The summed E-state index contributed by atoms with van der Waals surface area (Å²) >= 11 is 0. The summed E-state index contributed by atoms with van der Waals surface area (Å²) < 4.78 is 42.3. The Morgan fingerprint density at radius 1 is 0.969 bits per heavy atom. The molecule has 1 aliphatic carbocycles. The van der Waals surface area contributed by atoms with Gasteiger partial charge in [-0.05, 0) is 69.7 Å². The Hall–Kier alpha value is -2.96. The van der Waals surface area contributed by atoms with Crippen molar-refractivity contribution in [2.75, 3.05) is 0 Å². The minimum atomic E-state index is -4.50. The maximum absolute atomic E-state index is 14.1. The predicted molar refractivity (Wildman–Crippen MR) is 120 cm³/mol. The fourth-order valence-electron chi connectivity index (χ4n) is 4.46. The summed E-state index contributed by atoms with van der Waals surface area (Å²) in [5.74, 6) is 0.337. The Labute approximate surface area is 185 Å². The van der Waals surface area contributed by atoms with Gasteiger partial charge in [0.05, 0.1) is 5.57 Å². The number of nitrogens with zero attached hydrogens (tertiary/aromatic N) is 3. The van der Waals surface area contributed by atoms with Crippen LogP contribution in [0.4, 0.5) is 13.2 Å². The zero-order valence-electron chi connectivity index (χ0n) is 18.9. The molecule has 0 fully saturated rings. The molecular formula is C25H27F3N4. The number of tetrazole rings is 1. The molecule has 0 atom stereocenters. The second-order valence-electron chi connectivity index (χ2n) is 9.89. The van der Waals surface area contributed by atoms with E-state index in [4.69, 9.17) is 0 Å². The molecule has 0 saturated carbocycles. The average Bonchev–Trinajstić information content (AvgIpc) is 3.24. The van der Waals surface area contributed by atoms with Crippen molar-refractivity contribution in [2.45, 2.75) is 64.5 Å². The van der Waals surface area contributed by atoms with Gasteiger partial charge in [0.2, 0.25) is 5.82 Å². The van der Waals surface area contributed by atoms with Crippen molar-refractivity contribution >= 4 is 11.6 Å². The van der Waals surface area contributed by atoms with Gasteiger partial charge in [0.1, 0.15) is 0 Å². The third-order valence-corrected chi connectivity index (χ3v) is 6.64. The van der Waals surface area contributed by atoms with Crippen LogP contribution in [0.3, 0.4) is 0 Å². The Morgan fingerprint density at radius 2 is 1.56 bits per heavy atom. The number of allylic oxidation sites excluding steroid dienone is 1. The molecule has 0 saturated heterocycles. The van der Waals surface area contributed by atoms with E-state index >= 15 is 0 Å². The number of fused-ring (bicyclic) bond motifs is 1. The van der Waals surface area contributed by atoms with Gasteiger partial charge in [0.15, 0.2) is 0 Å². The fourth-order valence-corrected chi connectivity index (χ4v) is 4.46. The lowest BCUT2D eigenvalue weighted by atomic mass is 9.62. The number of hydrogen-bond donors (Lipinski definition) is 1. The lowest BCUT2D eigenvalue weighted by Crippen LogP contribution is -2.34. The molecule has 0 unspecified atom stereocenters. The summed E-state index contributed by atoms with van der Waals surface area (Å²) in [6.07, 6.45) is -1.16. The summed E-state index contributed by atoms with van der Waals surface area (Å²) in [5.41, 5.74) is 3.78. The van der Waals surface area contributed by atoms with Gasteiger partial charge < -0.3 is 0 Å². The van der Waals surface area contributed by atoms with Crippen LogP contribution in [0.15, 0.2) is 36.4 Å². The number of aromatic nitrogens is 4. The SMILES string of the molecule is Cc1cc2c(cc1/C=C(\c1ccc(-c3nn[nH]n3)cc1)C(F)(F)F)C(C)(C)CCC2(C)C. The van der Waals surface area contributed by atoms with Gasteiger partial charge in [0, 0.05) is 5.56 Å². The molecule has 7 heteroatoms. The van der Waals surface area contributed by atoms with Gasteiger partial charge in [-0.15, -0.1) is 10.2 Å². The van der Waals surface area contributed by atoms with Crippen molar-refractivity contribution in [3.8, 4) is 11.4 Å². The normalized spacial score (nSPS) is 17.8. The van der Waals surface area contributed by atoms with Gasteiger partial charge in [-0.2, -0.15) is 18.4 Å². The zero-order chi connectivity index (χ0) is 23.3. The first-order valence-corrected chi connectivity index (χ1v) is 10.7. The summed E-state index contributed by atoms with van der Waals surface area (Å²) in [5, 5.41) is 13.6. The number of alkyl halides is 3. The summed E-state index contributed by atoms with van der Waals surface area (Å²) in [4.78, 5) is 0. The van der Waals surface area contributed by atoms with Gasteiger partial charge in [-0.1, -0.05) is 64.1 Å². The van der Waals surface area contributed by atoms with Crippen molar-refractivity contribution in [3.63, 3.8) is 0 Å². The molecule has 3 aromatic rings. The molecule has 0 spiro atoms. The van der Waals surface area contributed by atoms with Crippen LogP contribution < -0.4 is 0 Å². The molecule has 1 aliphatic rings. The van der Waals surface area contributed by atoms with Crippen molar-refractivity contribution in [1.82, 2.24) is 20.6 Å². The van der Waals surface area contributed by atoms with E-state index in [1.807, 2.05) is 13.0 Å². The summed E-state index contributed by atoms with van der Waals surface area (Å²) in [7, 11) is 0. The van der Waals surface area contributed by atoms with E-state index in [9.17, 15) is 13.2 Å². The first-order chi connectivity index (χ1) is 14.9. The molecule has 1 aromatic heterocycles. The lowest BCUT2D eigenvalue weighted by Gasteiger charge is -2.42. The second-order valence-corrected chi connectivity index (χ2v) is 9.89. The first-order valence-electron chi connectivity index (χ1n) is 10.7. The minimum Gasteiger partial charge on any atom is -0.177 e. The molecule has 4 rings (SSSR count). The number of aryl methyl sites for hydroxylation is 1. The van der Waals surface area contributed by atoms with E-state index < -0.39 is 11.7 Å². The standard InChI is InChI=1S/C25H27F3N4/c1-15-12-20-21(24(4,5)11-10-23(20,2)3)14-18(15)13-19(25(26,27)28)16-6-8-17(9-7-16)22-29-31-32-30-22/h6-9,12-14H,10-11H2,1-5H3,(H,29,30,31,32)/b19-13+. The molecule has 168 valence electrons. The van der Waals surface area contributed by atoms with Crippen molar-refractivity contribution in [3.05, 3.63) is 64.2 Å². The van der Waals surface area contributed by atoms with Crippen LogP contribution in [-0.4, -0.2) is 26.8 Å². The van der Waals surface area contributed by atoms with Gasteiger partial charge >= 0.3 is 6.18 Å². The number of nitrogens with one attached hydrogen (secondary N) is 1. The Kier molecular flexibility index (Phi) is 5.26. The Balaban J connectivity index is 1.82. The van der Waals surface area contributed by atoms with Crippen molar-refractivity contribution < 1.29 is 13.2 Å². The minimum absolute atomic E-state index is 0.00962. The number of halogens is 3. The van der Waals surface area contributed by atoms with E-state index in [-0.39, 0.29) is 16.4 Å². The van der Waals surface area contributed by atoms with Crippen LogP contribution in [0.1, 0.15) is 68.4 Å². The van der Waals surface area contributed by atoms with Crippen LogP contribution in [0.2, 0.25) is 0 Å². The number of aromatic amines is 1. The highest BCUT2D eigenvalue weighted by atomic mass is 19.4. The third kappa shape index (κ3) is 4.08. The summed E-state index contributed by atoms with van der Waals surface area (Å²) in [6.45, 7) is 10.7. The molecule has 4 nitrogen and oxygen atoms in total. The Bertz CT molecular complexity index is 1160. The van der Waals surface area contributed by atoms with Gasteiger partial charge in [0.25, 0.3) is 0 Å². The quantitative estimate of drug-likeness (QED) is 0.465. The second kappa shape index (κ2) is 7.57. The maximum Gasteiger partial charge on any atom is 0.417 e. The van der Waals surface area contributed by atoms with E-state index in [2.05, 4.69) is 54.4 Å². The lowest BCUT2D eigenvalue weighted by molar-refractivity contribution is -0.0683. The topological polar surface area (TPSA) is 54.5 Å². The van der Waals surface area contributed by atoms with Crippen LogP contribution in [0, 0.1) is 6.92 Å². The van der Waals surface area contributed by atoms with Gasteiger partial charge in [-0.25, -0.2) is 0 Å². The van der Waals surface area contributed by atoms with E-state index in [0.29, 0.717) is 17.0 Å². The zero-order valence-corrected chi connectivity index (χ0v) is 18.9. The van der Waals surface area contributed by atoms with Crippen LogP contribution in [0.5, 0.6) is 0 Å². The molecule has 0 amide bonds. The number of rotatable bonds is 3. The van der Waals surface area contributed by atoms with Gasteiger partial charge in [-0.3, -0.25) is 0 Å². The monoisotopic (exact) mass is 440 g/mol. The highest BCUT2D eigenvalue weighted by molar-refractivity contribution is 5.86. The molecular weight excluding hydrogens is 413 g/mol. The number of benzene rings is 2. The van der Waals surface area contributed by atoms with Crippen molar-refractivity contribution in [1.29, 1.82) is 0 Å². The largest absolute Gasteiger partial charge is 0.417 e. The molecule has 1 heterocycles. The predicted octanol–water partition coefficient (Wildman–Crippen LogP) is 6.63. The average molecular weight is 441 g/mol. The molecule has 0 bridgehead atoms. The highest BCUT2D eigenvalue weighted by Gasteiger charge is 2.38. The maximum atomic E-state index is 14.1. The molecule has 32 heavy (non-hydrogen) atoms. The van der Waals surface area contributed by atoms with Crippen LogP contribution >= 0.6 is 0 Å². The molecule has 0 aliphatic heterocycles. The molecule has 0 radical (unpaired) electrons. The smallest absolute Gasteiger partial charge is 0.177 e. The Morgan fingerprint density at radius 3 is 2.09 bits per heavy atom. The van der Waals surface area contributed by atoms with Crippen LogP contribution in [0.25, 0.3) is 23.0 Å². The molecule has 1 N–H and O–H groups in total. The summed E-state index contributed by atoms with van der Waals surface area (Å²) in [6, 6.07) is 10.1. The van der Waals surface area contributed by atoms with Crippen molar-refractivity contribution in [2.24, 2.45) is 0 Å². The number of hydrogen-bond acceptors (Lipinski definition) is 3.